The monoisotopic (exact) mass is 237 g/mol. The highest BCUT2D eigenvalue weighted by Crippen LogP contribution is 2.24. The minimum Gasteiger partial charge on any atom is -0.326 e. The molecule has 1 aromatic heterocycles. The van der Waals surface area contributed by atoms with Gasteiger partial charge >= 0.3 is 0 Å². The first-order chi connectivity index (χ1) is 8.11. The van der Waals surface area contributed by atoms with Crippen LogP contribution in [0, 0.1) is 5.82 Å². The lowest BCUT2D eigenvalue weighted by molar-refractivity contribution is -0.134. The van der Waals surface area contributed by atoms with Gasteiger partial charge in [0.1, 0.15) is 5.82 Å². The fraction of sp³-hybridized carbons (Fsp3) is 0.364. The molecule has 2 rings (SSSR count). The van der Waals surface area contributed by atoms with E-state index >= 15 is 0 Å². The van der Waals surface area contributed by atoms with Crippen LogP contribution in [0.3, 0.4) is 0 Å². The van der Waals surface area contributed by atoms with Gasteiger partial charge in [-0.05, 0) is 12.5 Å². The number of nitrogens with zero attached hydrogens (tertiary/aromatic N) is 1. The molecule has 0 spiro atoms. The summed E-state index contributed by atoms with van der Waals surface area (Å²) in [7, 11) is 0. The molecule has 90 valence electrons. The highest BCUT2D eigenvalue weighted by molar-refractivity contribution is 6.00. The highest BCUT2D eigenvalue weighted by atomic mass is 19.1. The van der Waals surface area contributed by atoms with E-state index in [-0.39, 0.29) is 24.8 Å². The van der Waals surface area contributed by atoms with Crippen LogP contribution in [-0.2, 0) is 16.1 Å². The number of carbonyl (C=O) groups excluding carboxylic acids is 2. The van der Waals surface area contributed by atoms with Gasteiger partial charge in [0.25, 0.3) is 0 Å². The van der Waals surface area contributed by atoms with Crippen molar-refractivity contribution < 1.29 is 14.0 Å². The molecule has 1 saturated heterocycles. The number of hydrogen-bond acceptors (Lipinski definition) is 4. The molecule has 0 saturated carbocycles. The maximum Gasteiger partial charge on any atom is 0.235 e. The van der Waals surface area contributed by atoms with Crippen molar-refractivity contribution in [1.82, 2.24) is 10.3 Å². The van der Waals surface area contributed by atoms with Crippen LogP contribution in [0.1, 0.15) is 30.0 Å². The summed E-state index contributed by atoms with van der Waals surface area (Å²) in [6, 6.07) is 1.48. The second-order valence-corrected chi connectivity index (χ2v) is 3.91. The van der Waals surface area contributed by atoms with Crippen LogP contribution in [0.2, 0.25) is 0 Å². The predicted octanol–water partition coefficient (Wildman–Crippen LogP) is 0.200. The zero-order chi connectivity index (χ0) is 12.4. The van der Waals surface area contributed by atoms with E-state index in [1.165, 1.54) is 6.07 Å². The van der Waals surface area contributed by atoms with Crippen LogP contribution in [0.5, 0.6) is 0 Å². The Kier molecular flexibility index (Phi) is 3.14. The van der Waals surface area contributed by atoms with Crippen molar-refractivity contribution in [3.8, 4) is 0 Å². The van der Waals surface area contributed by atoms with Crippen LogP contribution in [0.25, 0.3) is 0 Å². The van der Waals surface area contributed by atoms with Gasteiger partial charge in [-0.1, -0.05) is 0 Å². The van der Waals surface area contributed by atoms with Crippen LogP contribution in [-0.4, -0.2) is 16.8 Å². The highest BCUT2D eigenvalue weighted by Gasteiger charge is 2.29. The third-order valence-electron chi connectivity index (χ3n) is 2.77. The fourth-order valence-corrected chi connectivity index (χ4v) is 1.82. The molecule has 0 aromatic carbocycles. The average Bonchev–Trinajstić information content (AvgIpc) is 2.30. The summed E-state index contributed by atoms with van der Waals surface area (Å²) in [5.41, 5.74) is 6.16. The lowest BCUT2D eigenvalue weighted by Crippen LogP contribution is -2.39. The lowest BCUT2D eigenvalue weighted by atomic mass is 9.93. The number of rotatable bonds is 2. The number of nitrogens with two attached hydrogens (primary N) is 1. The van der Waals surface area contributed by atoms with Gasteiger partial charge in [0.05, 0.1) is 17.8 Å². The number of hydrogen-bond donors (Lipinski definition) is 2. The first-order valence-corrected chi connectivity index (χ1v) is 5.30. The molecule has 1 aliphatic heterocycles. The molecule has 1 atom stereocenters. The number of amides is 2. The number of halogens is 1. The van der Waals surface area contributed by atoms with Gasteiger partial charge in [-0.25, -0.2) is 4.39 Å². The maximum atomic E-state index is 13.2. The Morgan fingerprint density at radius 2 is 2.29 bits per heavy atom. The molecule has 6 heteroatoms. The summed E-state index contributed by atoms with van der Waals surface area (Å²) in [6.45, 7) is 0.0502. The quantitative estimate of drug-likeness (QED) is 0.719. The second kappa shape index (κ2) is 4.58. The van der Waals surface area contributed by atoms with E-state index in [0.717, 1.165) is 6.20 Å². The van der Waals surface area contributed by atoms with E-state index in [2.05, 4.69) is 10.3 Å². The van der Waals surface area contributed by atoms with E-state index in [1.807, 2.05) is 0 Å². The Hall–Kier alpha value is -1.82. The molecular weight excluding hydrogens is 225 g/mol. The maximum absolute atomic E-state index is 13.2. The number of piperidine rings is 1. The Labute approximate surface area is 97.2 Å². The van der Waals surface area contributed by atoms with Crippen molar-refractivity contribution in [2.45, 2.75) is 25.3 Å². The molecule has 2 heterocycles. The molecule has 1 fully saturated rings. The lowest BCUT2D eigenvalue weighted by Gasteiger charge is -2.20. The van der Waals surface area contributed by atoms with Crippen molar-refractivity contribution >= 4 is 11.8 Å². The third-order valence-corrected chi connectivity index (χ3v) is 2.77. The fourth-order valence-electron chi connectivity index (χ4n) is 1.82. The summed E-state index contributed by atoms with van der Waals surface area (Å²) in [4.78, 5) is 26.5. The molecular formula is C11H12FN3O2. The van der Waals surface area contributed by atoms with Crippen molar-refractivity contribution in [2.75, 3.05) is 0 Å². The molecule has 1 unspecified atom stereocenters. The first kappa shape index (κ1) is 11.7. The number of aromatic nitrogens is 1. The van der Waals surface area contributed by atoms with E-state index < -0.39 is 11.7 Å². The zero-order valence-corrected chi connectivity index (χ0v) is 9.07. The molecule has 1 aromatic rings. The van der Waals surface area contributed by atoms with Crippen molar-refractivity contribution in [1.29, 1.82) is 0 Å². The summed E-state index contributed by atoms with van der Waals surface area (Å²) in [6.07, 6.45) is 1.72. The second-order valence-electron chi connectivity index (χ2n) is 3.91. The van der Waals surface area contributed by atoms with E-state index in [4.69, 9.17) is 5.73 Å². The van der Waals surface area contributed by atoms with Crippen LogP contribution in [0.4, 0.5) is 4.39 Å². The molecule has 1 aliphatic rings. The minimum atomic E-state index is -0.501. The zero-order valence-electron chi connectivity index (χ0n) is 9.07. The molecule has 2 amide bonds. The van der Waals surface area contributed by atoms with Gasteiger partial charge in [-0.15, -0.1) is 0 Å². The van der Waals surface area contributed by atoms with Crippen molar-refractivity contribution in [3.05, 3.63) is 29.3 Å². The molecule has 3 N–H and O–H groups in total. The number of imide groups is 1. The summed E-state index contributed by atoms with van der Waals surface area (Å²) in [5.74, 6) is -1.65. The normalized spacial score (nSPS) is 20.2. The SMILES string of the molecule is NCc1cc(C2CCC(=O)NC2=O)ncc1F. The van der Waals surface area contributed by atoms with E-state index in [1.54, 1.807) is 0 Å². The standard InChI is InChI=1S/C11H12FN3O2/c12-8-5-14-9(3-6(8)4-13)7-1-2-10(16)15-11(7)17/h3,5,7H,1-2,4,13H2,(H,15,16,17). The summed E-state index contributed by atoms with van der Waals surface area (Å²) < 4.78 is 13.2. The Bertz CT molecular complexity index is 476. The van der Waals surface area contributed by atoms with Crippen molar-refractivity contribution in [2.24, 2.45) is 5.73 Å². The van der Waals surface area contributed by atoms with E-state index in [9.17, 15) is 14.0 Å². The van der Waals surface area contributed by atoms with Gasteiger partial charge in [0.15, 0.2) is 0 Å². The third kappa shape index (κ3) is 2.31. The van der Waals surface area contributed by atoms with Gasteiger partial charge in [0, 0.05) is 18.5 Å². The first-order valence-electron chi connectivity index (χ1n) is 5.30. The summed E-state index contributed by atoms with van der Waals surface area (Å²) in [5, 5.41) is 2.24. The van der Waals surface area contributed by atoms with Gasteiger partial charge < -0.3 is 5.73 Å². The Morgan fingerprint density at radius 3 is 2.94 bits per heavy atom. The number of pyridine rings is 1. The Morgan fingerprint density at radius 1 is 1.53 bits per heavy atom. The predicted molar refractivity (Wildman–Crippen MR) is 57.2 cm³/mol. The van der Waals surface area contributed by atoms with Crippen LogP contribution >= 0.6 is 0 Å². The molecule has 0 bridgehead atoms. The number of carbonyl (C=O) groups is 2. The van der Waals surface area contributed by atoms with Crippen LogP contribution < -0.4 is 11.1 Å². The smallest absolute Gasteiger partial charge is 0.235 e. The summed E-state index contributed by atoms with van der Waals surface area (Å²) >= 11 is 0. The Balaban J connectivity index is 2.28. The van der Waals surface area contributed by atoms with Gasteiger partial charge in [-0.3, -0.25) is 19.9 Å². The van der Waals surface area contributed by atoms with Crippen molar-refractivity contribution in [3.63, 3.8) is 0 Å². The van der Waals surface area contributed by atoms with Crippen LogP contribution in [0.15, 0.2) is 12.3 Å². The van der Waals surface area contributed by atoms with E-state index in [0.29, 0.717) is 17.7 Å². The van der Waals surface area contributed by atoms with Gasteiger partial charge in [-0.2, -0.15) is 0 Å². The molecule has 5 nitrogen and oxygen atoms in total. The van der Waals surface area contributed by atoms with Gasteiger partial charge in [0.2, 0.25) is 11.8 Å². The minimum absolute atomic E-state index is 0.0502. The topological polar surface area (TPSA) is 85.1 Å². The largest absolute Gasteiger partial charge is 0.326 e. The molecule has 0 aliphatic carbocycles. The average molecular weight is 237 g/mol. The number of nitrogens with one attached hydrogen (secondary N) is 1. The molecule has 0 radical (unpaired) electrons. The molecule has 17 heavy (non-hydrogen) atoms.